The highest BCUT2D eigenvalue weighted by atomic mass is 16.4. The van der Waals surface area contributed by atoms with Gasteiger partial charge in [-0.1, -0.05) is 37.2 Å². The first-order valence-corrected chi connectivity index (χ1v) is 4.44. The average molecular weight is 177 g/mol. The van der Waals surface area contributed by atoms with Crippen LogP contribution in [0.15, 0.2) is 29.4 Å². The Morgan fingerprint density at radius 2 is 2.08 bits per heavy atom. The number of hydrogen-bond donors (Lipinski definition) is 1. The van der Waals surface area contributed by atoms with Gasteiger partial charge in [0.05, 0.1) is 5.71 Å². The second-order valence-corrected chi connectivity index (χ2v) is 3.47. The molecule has 0 radical (unpaired) electrons. The van der Waals surface area contributed by atoms with Crippen molar-refractivity contribution in [3.8, 4) is 0 Å². The largest absolute Gasteiger partial charge is 0.411 e. The highest BCUT2D eigenvalue weighted by Gasteiger charge is 2.02. The molecule has 0 aliphatic heterocycles. The van der Waals surface area contributed by atoms with Crippen LogP contribution in [0.5, 0.6) is 0 Å². The van der Waals surface area contributed by atoms with Crippen LogP contribution in [-0.4, -0.2) is 10.9 Å². The quantitative estimate of drug-likeness (QED) is 0.420. The Bertz CT molecular complexity index is 316. The first-order valence-electron chi connectivity index (χ1n) is 4.44. The SMILES string of the molecule is CC(=NO)c1cccc(C(C)C)c1. The van der Waals surface area contributed by atoms with Crippen LogP contribution >= 0.6 is 0 Å². The van der Waals surface area contributed by atoms with Gasteiger partial charge in [-0.3, -0.25) is 0 Å². The zero-order valence-electron chi connectivity index (χ0n) is 8.28. The van der Waals surface area contributed by atoms with Crippen LogP contribution in [0.3, 0.4) is 0 Å². The molecule has 1 N–H and O–H groups in total. The van der Waals surface area contributed by atoms with E-state index >= 15 is 0 Å². The van der Waals surface area contributed by atoms with Crippen LogP contribution in [0.25, 0.3) is 0 Å². The van der Waals surface area contributed by atoms with Gasteiger partial charge in [-0.2, -0.15) is 0 Å². The lowest BCUT2D eigenvalue weighted by Crippen LogP contribution is -1.96. The van der Waals surface area contributed by atoms with Crippen molar-refractivity contribution in [1.29, 1.82) is 0 Å². The summed E-state index contributed by atoms with van der Waals surface area (Å²) in [5.41, 5.74) is 2.90. The summed E-state index contributed by atoms with van der Waals surface area (Å²) in [6.07, 6.45) is 0. The fourth-order valence-electron chi connectivity index (χ4n) is 1.18. The zero-order valence-corrected chi connectivity index (χ0v) is 8.28. The van der Waals surface area contributed by atoms with Crippen molar-refractivity contribution >= 4 is 5.71 Å². The third kappa shape index (κ3) is 2.31. The van der Waals surface area contributed by atoms with Crippen LogP contribution in [0, 0.1) is 0 Å². The molecule has 0 saturated heterocycles. The van der Waals surface area contributed by atoms with Gasteiger partial charge in [-0.15, -0.1) is 0 Å². The minimum absolute atomic E-state index is 0.506. The zero-order chi connectivity index (χ0) is 9.84. The van der Waals surface area contributed by atoms with Gasteiger partial charge in [0, 0.05) is 0 Å². The predicted molar refractivity (Wildman–Crippen MR) is 54.5 cm³/mol. The predicted octanol–water partition coefficient (Wildman–Crippen LogP) is 3.01. The van der Waals surface area contributed by atoms with E-state index in [9.17, 15) is 0 Å². The van der Waals surface area contributed by atoms with Crippen LogP contribution in [-0.2, 0) is 0 Å². The summed E-state index contributed by atoms with van der Waals surface area (Å²) in [4.78, 5) is 0. The van der Waals surface area contributed by atoms with E-state index in [1.54, 1.807) is 6.92 Å². The number of benzene rings is 1. The fraction of sp³-hybridized carbons (Fsp3) is 0.364. The first-order chi connectivity index (χ1) is 6.15. The van der Waals surface area contributed by atoms with E-state index in [0.29, 0.717) is 11.6 Å². The molecule has 70 valence electrons. The fourth-order valence-corrected chi connectivity index (χ4v) is 1.18. The van der Waals surface area contributed by atoms with E-state index in [2.05, 4.69) is 31.1 Å². The molecule has 13 heavy (non-hydrogen) atoms. The molecule has 0 aliphatic rings. The average Bonchev–Trinajstić information content (AvgIpc) is 2.17. The van der Waals surface area contributed by atoms with Crippen LogP contribution in [0.2, 0.25) is 0 Å². The molecule has 2 nitrogen and oxygen atoms in total. The van der Waals surface area contributed by atoms with Gasteiger partial charge >= 0.3 is 0 Å². The second kappa shape index (κ2) is 4.08. The van der Waals surface area contributed by atoms with Gasteiger partial charge in [0.2, 0.25) is 0 Å². The third-order valence-corrected chi connectivity index (χ3v) is 2.12. The molecule has 1 aromatic carbocycles. The first kappa shape index (κ1) is 9.78. The van der Waals surface area contributed by atoms with Crippen molar-refractivity contribution in [1.82, 2.24) is 0 Å². The summed E-state index contributed by atoms with van der Waals surface area (Å²) in [7, 11) is 0. The van der Waals surface area contributed by atoms with Gasteiger partial charge in [-0.05, 0) is 30.0 Å². The third-order valence-electron chi connectivity index (χ3n) is 2.12. The Hall–Kier alpha value is -1.31. The summed E-state index contributed by atoms with van der Waals surface area (Å²) in [6, 6.07) is 8.07. The Labute approximate surface area is 78.9 Å². The van der Waals surface area contributed by atoms with Crippen LogP contribution in [0.4, 0.5) is 0 Å². The lowest BCUT2D eigenvalue weighted by Gasteiger charge is -2.06. The maximum absolute atomic E-state index is 8.61. The number of oxime groups is 1. The summed E-state index contributed by atoms with van der Waals surface area (Å²) in [5, 5.41) is 11.8. The molecule has 1 rings (SSSR count). The standard InChI is InChI=1S/C11H15NO/c1-8(2)10-5-4-6-11(7-10)9(3)12-13/h4-8,13H,1-3H3. The van der Waals surface area contributed by atoms with E-state index in [4.69, 9.17) is 5.21 Å². The summed E-state index contributed by atoms with van der Waals surface area (Å²) < 4.78 is 0. The van der Waals surface area contributed by atoms with Crippen molar-refractivity contribution in [2.75, 3.05) is 0 Å². The minimum Gasteiger partial charge on any atom is -0.411 e. The molecule has 1 aromatic rings. The van der Waals surface area contributed by atoms with Crippen molar-refractivity contribution in [2.24, 2.45) is 5.16 Å². The van der Waals surface area contributed by atoms with E-state index in [0.717, 1.165) is 5.56 Å². The summed E-state index contributed by atoms with van der Waals surface area (Å²) in [5.74, 6) is 0.506. The van der Waals surface area contributed by atoms with Gasteiger partial charge in [-0.25, -0.2) is 0 Å². The molecule has 0 atom stereocenters. The lowest BCUT2D eigenvalue weighted by atomic mass is 9.99. The maximum Gasteiger partial charge on any atom is 0.0837 e. The van der Waals surface area contributed by atoms with Crippen molar-refractivity contribution < 1.29 is 5.21 Å². The van der Waals surface area contributed by atoms with E-state index in [-0.39, 0.29) is 0 Å². The molecule has 0 spiro atoms. The normalized spacial score (nSPS) is 12.2. The summed E-state index contributed by atoms with van der Waals surface area (Å²) in [6.45, 7) is 6.08. The summed E-state index contributed by atoms with van der Waals surface area (Å²) >= 11 is 0. The molecule has 0 fully saturated rings. The van der Waals surface area contributed by atoms with Crippen LogP contribution < -0.4 is 0 Å². The number of rotatable bonds is 2. The van der Waals surface area contributed by atoms with E-state index in [1.807, 2.05) is 12.1 Å². The van der Waals surface area contributed by atoms with Gasteiger partial charge in [0.25, 0.3) is 0 Å². The molecule has 0 unspecified atom stereocenters. The highest BCUT2D eigenvalue weighted by Crippen LogP contribution is 2.15. The Balaban J connectivity index is 3.05. The Morgan fingerprint density at radius 3 is 2.62 bits per heavy atom. The van der Waals surface area contributed by atoms with E-state index < -0.39 is 0 Å². The van der Waals surface area contributed by atoms with Crippen molar-refractivity contribution in [2.45, 2.75) is 26.7 Å². The number of hydrogen-bond acceptors (Lipinski definition) is 2. The van der Waals surface area contributed by atoms with Crippen molar-refractivity contribution in [3.63, 3.8) is 0 Å². The van der Waals surface area contributed by atoms with Crippen molar-refractivity contribution in [3.05, 3.63) is 35.4 Å². The van der Waals surface area contributed by atoms with E-state index in [1.165, 1.54) is 5.56 Å². The molecule has 0 amide bonds. The van der Waals surface area contributed by atoms with Gasteiger partial charge in [0.15, 0.2) is 0 Å². The smallest absolute Gasteiger partial charge is 0.0837 e. The highest BCUT2D eigenvalue weighted by molar-refractivity contribution is 5.98. The molecule has 0 saturated carbocycles. The molecule has 0 aromatic heterocycles. The molecular weight excluding hydrogens is 162 g/mol. The van der Waals surface area contributed by atoms with Gasteiger partial charge in [0.1, 0.15) is 0 Å². The molecular formula is C11H15NO. The molecule has 0 heterocycles. The second-order valence-electron chi connectivity index (χ2n) is 3.47. The maximum atomic E-state index is 8.61. The molecule has 2 heteroatoms. The van der Waals surface area contributed by atoms with Crippen LogP contribution in [0.1, 0.15) is 37.8 Å². The molecule has 0 aliphatic carbocycles. The monoisotopic (exact) mass is 177 g/mol. The topological polar surface area (TPSA) is 32.6 Å². The lowest BCUT2D eigenvalue weighted by molar-refractivity contribution is 0.319. The Kier molecular flexibility index (Phi) is 3.07. The molecule has 0 bridgehead atoms. The Morgan fingerprint density at radius 1 is 1.38 bits per heavy atom. The minimum atomic E-state index is 0.506. The number of nitrogens with zero attached hydrogens (tertiary/aromatic N) is 1. The van der Waals surface area contributed by atoms with Gasteiger partial charge < -0.3 is 5.21 Å².